The van der Waals surface area contributed by atoms with E-state index < -0.39 is 46.8 Å². The van der Waals surface area contributed by atoms with Gasteiger partial charge in [0, 0.05) is 23.8 Å². The second-order valence-corrected chi connectivity index (χ2v) is 9.69. The number of hydrogen-bond acceptors (Lipinski definition) is 10. The highest BCUT2D eigenvalue weighted by molar-refractivity contribution is 6.05. The number of ether oxygens (including phenoxy) is 1. The van der Waals surface area contributed by atoms with E-state index in [-0.39, 0.29) is 45.6 Å². The van der Waals surface area contributed by atoms with E-state index >= 15 is 0 Å². The quantitative estimate of drug-likeness (QED) is 0.221. The van der Waals surface area contributed by atoms with Gasteiger partial charge in [-0.05, 0) is 48.0 Å². The second kappa shape index (κ2) is 9.21. The smallest absolute Gasteiger partial charge is 0.196 e. The second-order valence-electron chi connectivity index (χ2n) is 9.69. The molecule has 0 spiro atoms. The van der Waals surface area contributed by atoms with Crippen LogP contribution in [0.15, 0.2) is 82.0 Å². The number of phenols is 4. The summed E-state index contributed by atoms with van der Waals surface area (Å²) in [5.41, 5.74) is -0.277. The molecule has 1 aromatic heterocycles. The molecule has 0 saturated carbocycles. The third-order valence-electron chi connectivity index (χ3n) is 7.19. The number of ketones is 1. The van der Waals surface area contributed by atoms with Gasteiger partial charge < -0.3 is 39.8 Å². The molecular formula is C30H22O10. The Bertz CT molecular complexity index is 1730. The maximum atomic E-state index is 14.1. The van der Waals surface area contributed by atoms with E-state index in [0.29, 0.717) is 11.1 Å². The van der Waals surface area contributed by atoms with Crippen LogP contribution >= 0.6 is 0 Å². The molecule has 202 valence electrons. The summed E-state index contributed by atoms with van der Waals surface area (Å²) in [6.45, 7) is 0. The van der Waals surface area contributed by atoms with Crippen molar-refractivity contribution in [2.45, 2.75) is 18.1 Å². The SMILES string of the molecule is O=C1c2c(O)cc(O)cc2O[C@@H](c2ccc(O)cc2)[C@@H]1C1c2oc(-c3ccc(O)cc3)cc(=O)c2C(O)=CC1O. The van der Waals surface area contributed by atoms with Crippen LogP contribution in [0, 0.1) is 5.92 Å². The lowest BCUT2D eigenvalue weighted by Gasteiger charge is -2.39. The van der Waals surface area contributed by atoms with Gasteiger partial charge in [-0.2, -0.15) is 0 Å². The van der Waals surface area contributed by atoms with Gasteiger partial charge in [0.15, 0.2) is 11.2 Å². The molecule has 6 N–H and O–H groups in total. The van der Waals surface area contributed by atoms with Crippen molar-refractivity contribution in [2.24, 2.45) is 5.92 Å². The number of aliphatic hydroxyl groups excluding tert-OH is 2. The first-order valence-electron chi connectivity index (χ1n) is 12.2. The fraction of sp³-hybridized carbons (Fsp3) is 0.133. The van der Waals surface area contributed by atoms with E-state index in [2.05, 4.69) is 0 Å². The predicted molar refractivity (Wildman–Crippen MR) is 141 cm³/mol. The summed E-state index contributed by atoms with van der Waals surface area (Å²) in [6.07, 6.45) is -1.62. The zero-order valence-electron chi connectivity index (χ0n) is 20.6. The van der Waals surface area contributed by atoms with E-state index in [9.17, 15) is 40.2 Å². The number of hydrogen-bond donors (Lipinski definition) is 6. The Kier molecular flexibility index (Phi) is 5.77. The fourth-order valence-electron chi connectivity index (χ4n) is 5.38. The molecule has 10 heteroatoms. The number of rotatable bonds is 3. The molecule has 0 amide bonds. The molecule has 2 unspecified atom stereocenters. The zero-order valence-corrected chi connectivity index (χ0v) is 20.6. The highest BCUT2D eigenvalue weighted by Crippen LogP contribution is 2.51. The van der Waals surface area contributed by atoms with E-state index in [1.807, 2.05) is 0 Å². The molecule has 2 aliphatic rings. The molecule has 3 aromatic carbocycles. The van der Waals surface area contributed by atoms with Crippen molar-refractivity contribution in [3.8, 4) is 40.1 Å². The summed E-state index contributed by atoms with van der Waals surface area (Å²) in [5.74, 6) is -4.91. The lowest BCUT2D eigenvalue weighted by atomic mass is 9.71. The van der Waals surface area contributed by atoms with Gasteiger partial charge in [-0.3, -0.25) is 9.59 Å². The molecule has 4 atom stereocenters. The van der Waals surface area contributed by atoms with Crippen LogP contribution < -0.4 is 10.2 Å². The van der Waals surface area contributed by atoms with Gasteiger partial charge in [0.05, 0.1) is 17.9 Å². The Labute approximate surface area is 225 Å². The maximum absolute atomic E-state index is 14.1. The Morgan fingerprint density at radius 1 is 0.700 bits per heavy atom. The lowest BCUT2D eigenvalue weighted by Crippen LogP contribution is -2.42. The number of fused-ring (bicyclic) bond motifs is 2. The summed E-state index contributed by atoms with van der Waals surface area (Å²) in [7, 11) is 0. The van der Waals surface area contributed by atoms with Crippen molar-refractivity contribution in [2.75, 3.05) is 0 Å². The average Bonchev–Trinajstić information content (AvgIpc) is 2.89. The third-order valence-corrected chi connectivity index (χ3v) is 7.19. The van der Waals surface area contributed by atoms with E-state index in [0.717, 1.165) is 18.2 Å². The molecule has 2 heterocycles. The average molecular weight is 542 g/mol. The Balaban J connectivity index is 1.58. The van der Waals surface area contributed by atoms with Gasteiger partial charge in [-0.1, -0.05) is 12.1 Å². The molecule has 0 bridgehead atoms. The molecule has 1 aliphatic carbocycles. The van der Waals surface area contributed by atoms with Gasteiger partial charge in [-0.25, -0.2) is 0 Å². The monoisotopic (exact) mass is 542 g/mol. The molecule has 0 radical (unpaired) electrons. The molecule has 10 nitrogen and oxygen atoms in total. The summed E-state index contributed by atoms with van der Waals surface area (Å²) < 4.78 is 12.2. The number of aromatic hydroxyl groups is 4. The topological polar surface area (TPSA) is 178 Å². The van der Waals surface area contributed by atoms with Crippen molar-refractivity contribution in [1.29, 1.82) is 0 Å². The van der Waals surface area contributed by atoms with Crippen LogP contribution in [0.25, 0.3) is 17.1 Å². The molecule has 40 heavy (non-hydrogen) atoms. The highest BCUT2D eigenvalue weighted by atomic mass is 16.5. The molecule has 0 saturated heterocycles. The minimum absolute atomic E-state index is 0.0101. The first-order chi connectivity index (χ1) is 19.1. The standard InChI is InChI=1S/C30H22O10/c31-15-5-1-13(2-6-15)22-12-21(37)24-19(35)11-20(36)26(30(24)39-22)27-28(38)25-18(34)9-17(33)10-23(25)40-29(27)14-3-7-16(32)8-4-14/h1-12,20,26-27,29,31-36H/t20?,26?,27-,29+/m1/s1. The van der Waals surface area contributed by atoms with Crippen LogP contribution in [0.5, 0.6) is 28.7 Å². The van der Waals surface area contributed by atoms with Crippen molar-refractivity contribution in [1.82, 2.24) is 0 Å². The van der Waals surface area contributed by atoms with Gasteiger partial charge in [0.25, 0.3) is 0 Å². The van der Waals surface area contributed by atoms with Crippen LogP contribution in [0.4, 0.5) is 0 Å². The largest absolute Gasteiger partial charge is 0.508 e. The number of benzene rings is 3. The number of Topliss-reactive ketones (excluding diaryl/α,β-unsaturated/α-hetero) is 1. The van der Waals surface area contributed by atoms with Crippen LogP contribution in [0.3, 0.4) is 0 Å². The molecular weight excluding hydrogens is 520 g/mol. The maximum Gasteiger partial charge on any atom is 0.196 e. The van der Waals surface area contributed by atoms with Crippen molar-refractivity contribution < 1.29 is 44.6 Å². The summed E-state index contributed by atoms with van der Waals surface area (Å²) in [6, 6.07) is 14.9. The zero-order chi connectivity index (χ0) is 28.3. The fourth-order valence-corrected chi connectivity index (χ4v) is 5.38. The van der Waals surface area contributed by atoms with Crippen molar-refractivity contribution in [3.05, 3.63) is 105 Å². The van der Waals surface area contributed by atoms with Gasteiger partial charge in [0.2, 0.25) is 0 Å². The van der Waals surface area contributed by atoms with Gasteiger partial charge in [-0.15, -0.1) is 0 Å². The van der Waals surface area contributed by atoms with Crippen LogP contribution in [0.1, 0.15) is 39.3 Å². The van der Waals surface area contributed by atoms with Crippen LogP contribution in [0.2, 0.25) is 0 Å². The first kappa shape index (κ1) is 25.1. The summed E-state index contributed by atoms with van der Waals surface area (Å²) in [5, 5.41) is 62.0. The normalized spacial score (nSPS) is 21.6. The van der Waals surface area contributed by atoms with Crippen molar-refractivity contribution >= 4 is 11.5 Å². The Morgan fingerprint density at radius 3 is 2.02 bits per heavy atom. The minimum Gasteiger partial charge on any atom is -0.508 e. The Hall–Kier alpha value is -5.22. The molecule has 0 fully saturated rings. The minimum atomic E-state index is -1.52. The highest BCUT2D eigenvalue weighted by Gasteiger charge is 2.50. The summed E-state index contributed by atoms with van der Waals surface area (Å²) in [4.78, 5) is 27.3. The van der Waals surface area contributed by atoms with Gasteiger partial charge >= 0.3 is 0 Å². The molecule has 4 aromatic rings. The number of phenolic OH excluding ortho intramolecular Hbond substituents is 4. The first-order valence-corrected chi connectivity index (χ1v) is 12.2. The van der Waals surface area contributed by atoms with E-state index in [4.69, 9.17) is 9.15 Å². The third kappa shape index (κ3) is 4.02. The van der Waals surface area contributed by atoms with Crippen molar-refractivity contribution in [3.63, 3.8) is 0 Å². The predicted octanol–water partition coefficient (Wildman–Crippen LogP) is 4.12. The summed E-state index contributed by atoms with van der Waals surface area (Å²) >= 11 is 0. The van der Waals surface area contributed by atoms with Gasteiger partial charge in [0.1, 0.15) is 63.3 Å². The Morgan fingerprint density at radius 2 is 1.35 bits per heavy atom. The van der Waals surface area contributed by atoms with E-state index in [1.54, 1.807) is 0 Å². The number of carbonyl (C=O) groups excluding carboxylic acids is 1. The number of aliphatic hydroxyl groups is 2. The van der Waals surface area contributed by atoms with Crippen LogP contribution in [-0.4, -0.2) is 42.5 Å². The van der Waals surface area contributed by atoms with Crippen LogP contribution in [-0.2, 0) is 0 Å². The van der Waals surface area contributed by atoms with E-state index in [1.165, 1.54) is 54.6 Å². The number of carbonyl (C=O) groups is 1. The molecule has 6 rings (SSSR count). The lowest BCUT2D eigenvalue weighted by molar-refractivity contribution is 0.0377. The molecule has 1 aliphatic heterocycles.